The minimum atomic E-state index is -0.697. The number of halogens is 2. The van der Waals surface area contributed by atoms with Crippen LogP contribution in [0.3, 0.4) is 0 Å². The van der Waals surface area contributed by atoms with Crippen LogP contribution < -0.4 is 5.73 Å². The van der Waals surface area contributed by atoms with Crippen molar-refractivity contribution in [3.8, 4) is 0 Å². The molecule has 4 rings (SSSR count). The summed E-state index contributed by atoms with van der Waals surface area (Å²) < 4.78 is 1.12. The molecule has 1 aromatic heterocycles. The van der Waals surface area contributed by atoms with Crippen LogP contribution in [0.4, 0.5) is 4.79 Å². The highest BCUT2D eigenvalue weighted by atomic mass is 35.5. The number of benzene rings is 1. The summed E-state index contributed by atoms with van der Waals surface area (Å²) in [5, 5.41) is 4.68. The molecule has 1 aliphatic carbocycles. The SMILES string of the molecule is CN(Cc1ccccc1Cl)C1C[C@@H]2CN(C(=O)n3cc(C(N)=O)c(Cl)n3)C[C@@H]2C1. The number of aromatic nitrogens is 2. The van der Waals surface area contributed by atoms with Crippen molar-refractivity contribution in [2.45, 2.75) is 25.4 Å². The summed E-state index contributed by atoms with van der Waals surface area (Å²) >= 11 is 12.2. The van der Waals surface area contributed by atoms with Gasteiger partial charge in [0.15, 0.2) is 5.15 Å². The zero-order valence-electron chi connectivity index (χ0n) is 16.1. The van der Waals surface area contributed by atoms with E-state index in [2.05, 4.69) is 23.1 Å². The van der Waals surface area contributed by atoms with E-state index >= 15 is 0 Å². The van der Waals surface area contributed by atoms with Gasteiger partial charge >= 0.3 is 6.03 Å². The van der Waals surface area contributed by atoms with Crippen LogP contribution >= 0.6 is 23.2 Å². The van der Waals surface area contributed by atoms with Crippen LogP contribution in [0.1, 0.15) is 28.8 Å². The summed E-state index contributed by atoms with van der Waals surface area (Å²) in [6.07, 6.45) is 3.39. The van der Waals surface area contributed by atoms with Gasteiger partial charge in [0.2, 0.25) is 0 Å². The number of hydrogen-bond acceptors (Lipinski definition) is 4. The molecule has 0 radical (unpaired) electrons. The second-order valence-electron chi connectivity index (χ2n) is 7.98. The Balaban J connectivity index is 1.36. The first-order chi connectivity index (χ1) is 13.8. The number of carbonyl (C=O) groups excluding carboxylic acids is 2. The molecule has 2 amide bonds. The Kier molecular flexibility index (Phi) is 5.55. The standard InChI is InChI=1S/C20H23Cl2N5O2/c1-25(8-12-4-2-3-5-17(12)21)15-6-13-9-26(10-14(13)7-15)20(29)27-11-16(19(23)28)18(22)24-27/h2-5,11,13-15H,6-10H2,1H3,(H2,23,28)/t13-,14+,15?. The van der Waals surface area contributed by atoms with Gasteiger partial charge in [0, 0.05) is 30.7 Å². The molecule has 1 saturated carbocycles. The Bertz CT molecular complexity index is 933. The molecule has 2 fully saturated rings. The lowest BCUT2D eigenvalue weighted by Gasteiger charge is -2.26. The second-order valence-corrected chi connectivity index (χ2v) is 8.75. The smallest absolute Gasteiger partial charge is 0.344 e. The van der Waals surface area contributed by atoms with Crippen molar-refractivity contribution in [1.82, 2.24) is 19.6 Å². The molecule has 7 nitrogen and oxygen atoms in total. The number of nitrogens with zero attached hydrogens (tertiary/aromatic N) is 4. The Morgan fingerprint density at radius 1 is 1.21 bits per heavy atom. The number of amides is 2. The number of rotatable bonds is 4. The maximum absolute atomic E-state index is 12.8. The topological polar surface area (TPSA) is 84.5 Å². The van der Waals surface area contributed by atoms with E-state index in [1.54, 1.807) is 4.90 Å². The fraction of sp³-hybridized carbons (Fsp3) is 0.450. The third-order valence-electron chi connectivity index (χ3n) is 6.13. The Morgan fingerprint density at radius 2 is 1.86 bits per heavy atom. The first-order valence-corrected chi connectivity index (χ1v) is 10.4. The first-order valence-electron chi connectivity index (χ1n) is 9.61. The molecule has 1 unspecified atom stereocenters. The molecule has 1 aliphatic heterocycles. The van der Waals surface area contributed by atoms with Gasteiger partial charge in [0.05, 0.1) is 11.8 Å². The van der Waals surface area contributed by atoms with E-state index in [0.717, 1.165) is 34.7 Å². The number of likely N-dealkylation sites (tertiary alicyclic amines) is 1. The summed E-state index contributed by atoms with van der Waals surface area (Å²) in [6, 6.07) is 8.13. The second kappa shape index (κ2) is 7.97. The number of nitrogens with two attached hydrogens (primary N) is 1. The summed E-state index contributed by atoms with van der Waals surface area (Å²) in [5.41, 5.74) is 6.44. The summed E-state index contributed by atoms with van der Waals surface area (Å²) in [7, 11) is 2.13. The average Bonchev–Trinajstić information content (AvgIpc) is 3.35. The predicted octanol–water partition coefficient (Wildman–Crippen LogP) is 3.10. The van der Waals surface area contributed by atoms with E-state index in [-0.39, 0.29) is 16.7 Å². The molecule has 3 atom stereocenters. The number of hydrogen-bond donors (Lipinski definition) is 1. The van der Waals surface area contributed by atoms with Gasteiger partial charge in [0.25, 0.3) is 5.91 Å². The van der Waals surface area contributed by atoms with Gasteiger partial charge in [-0.1, -0.05) is 41.4 Å². The molecule has 1 aromatic carbocycles. The van der Waals surface area contributed by atoms with Gasteiger partial charge in [0.1, 0.15) is 0 Å². The van der Waals surface area contributed by atoms with Gasteiger partial charge in [-0.25, -0.2) is 4.79 Å². The van der Waals surface area contributed by atoms with Gasteiger partial charge in [-0.15, -0.1) is 0 Å². The zero-order chi connectivity index (χ0) is 20.7. The van der Waals surface area contributed by atoms with E-state index in [9.17, 15) is 9.59 Å². The maximum Gasteiger partial charge on any atom is 0.344 e. The lowest BCUT2D eigenvalue weighted by atomic mass is 10.0. The molecular formula is C20H23Cl2N5O2. The van der Waals surface area contributed by atoms with Crippen LogP contribution in [0.2, 0.25) is 10.2 Å². The maximum atomic E-state index is 12.8. The fourth-order valence-corrected chi connectivity index (χ4v) is 4.99. The molecule has 0 bridgehead atoms. The highest BCUT2D eigenvalue weighted by Gasteiger charge is 2.43. The predicted molar refractivity (Wildman–Crippen MR) is 111 cm³/mol. The van der Waals surface area contributed by atoms with Gasteiger partial charge in [-0.3, -0.25) is 9.69 Å². The number of carbonyl (C=O) groups is 2. The average molecular weight is 436 g/mol. The fourth-order valence-electron chi connectivity index (χ4n) is 4.57. The Labute approximate surface area is 179 Å². The van der Waals surface area contributed by atoms with Crippen LogP contribution in [-0.4, -0.2) is 57.7 Å². The highest BCUT2D eigenvalue weighted by molar-refractivity contribution is 6.32. The minimum Gasteiger partial charge on any atom is -0.365 e. The van der Waals surface area contributed by atoms with Gasteiger partial charge < -0.3 is 10.6 Å². The van der Waals surface area contributed by atoms with E-state index in [4.69, 9.17) is 28.9 Å². The number of fused-ring (bicyclic) bond motifs is 1. The third-order valence-corrected chi connectivity index (χ3v) is 6.78. The summed E-state index contributed by atoms with van der Waals surface area (Å²) in [4.78, 5) is 28.2. The van der Waals surface area contributed by atoms with Crippen molar-refractivity contribution >= 4 is 35.1 Å². The quantitative estimate of drug-likeness (QED) is 0.799. The monoisotopic (exact) mass is 435 g/mol. The molecule has 2 aromatic rings. The van der Waals surface area contributed by atoms with Crippen LogP contribution in [0.15, 0.2) is 30.5 Å². The van der Waals surface area contributed by atoms with E-state index in [1.807, 2.05) is 18.2 Å². The third kappa shape index (κ3) is 3.99. The lowest BCUT2D eigenvalue weighted by Crippen LogP contribution is -2.36. The summed E-state index contributed by atoms with van der Waals surface area (Å²) in [6.45, 7) is 2.18. The zero-order valence-corrected chi connectivity index (χ0v) is 17.6. The van der Waals surface area contributed by atoms with E-state index in [1.165, 1.54) is 6.20 Å². The van der Waals surface area contributed by atoms with Crippen molar-refractivity contribution in [1.29, 1.82) is 0 Å². The molecule has 2 heterocycles. The van der Waals surface area contributed by atoms with Gasteiger partial charge in [-0.2, -0.15) is 9.78 Å². The van der Waals surface area contributed by atoms with Crippen LogP contribution in [0.5, 0.6) is 0 Å². The lowest BCUT2D eigenvalue weighted by molar-refractivity contribution is 0.100. The van der Waals surface area contributed by atoms with E-state index in [0.29, 0.717) is 31.0 Å². The molecule has 0 spiro atoms. The van der Waals surface area contributed by atoms with Crippen LogP contribution in [0, 0.1) is 11.8 Å². The van der Waals surface area contributed by atoms with Crippen LogP contribution in [-0.2, 0) is 6.54 Å². The van der Waals surface area contributed by atoms with Gasteiger partial charge in [-0.05, 0) is 43.4 Å². The van der Waals surface area contributed by atoms with Crippen molar-refractivity contribution in [3.63, 3.8) is 0 Å². The molecule has 2 aliphatic rings. The molecule has 2 N–H and O–H groups in total. The van der Waals surface area contributed by atoms with Crippen molar-refractivity contribution in [2.24, 2.45) is 17.6 Å². The van der Waals surface area contributed by atoms with Crippen molar-refractivity contribution in [3.05, 3.63) is 51.8 Å². The van der Waals surface area contributed by atoms with Crippen LogP contribution in [0.25, 0.3) is 0 Å². The highest BCUT2D eigenvalue weighted by Crippen LogP contribution is 2.40. The molecule has 154 valence electrons. The normalized spacial score (nSPS) is 23.6. The summed E-state index contributed by atoms with van der Waals surface area (Å²) in [5.74, 6) is 0.218. The van der Waals surface area contributed by atoms with Crippen molar-refractivity contribution < 1.29 is 9.59 Å². The largest absolute Gasteiger partial charge is 0.365 e. The molecule has 29 heavy (non-hydrogen) atoms. The molecular weight excluding hydrogens is 413 g/mol. The van der Waals surface area contributed by atoms with Crippen molar-refractivity contribution in [2.75, 3.05) is 20.1 Å². The molecule has 9 heteroatoms. The van der Waals surface area contributed by atoms with E-state index < -0.39 is 5.91 Å². The Morgan fingerprint density at radius 3 is 2.45 bits per heavy atom. The number of primary amides is 1. The molecule has 1 saturated heterocycles. The minimum absolute atomic E-state index is 0.0495. The Hall–Kier alpha value is -2.09. The first kappa shape index (κ1) is 20.2.